The van der Waals surface area contributed by atoms with Crippen LogP contribution in [0.4, 0.5) is 4.39 Å². The lowest BCUT2D eigenvalue weighted by Crippen LogP contribution is -2.19. The highest BCUT2D eigenvalue weighted by molar-refractivity contribution is 7.89. The van der Waals surface area contributed by atoms with Gasteiger partial charge in [-0.3, -0.25) is 0 Å². The van der Waals surface area contributed by atoms with E-state index in [-0.39, 0.29) is 5.56 Å². The van der Waals surface area contributed by atoms with Crippen molar-refractivity contribution >= 4 is 27.6 Å². The number of sulfonamides is 1. The number of hydrogen-bond donors (Lipinski definition) is 1. The van der Waals surface area contributed by atoms with Gasteiger partial charge in [-0.05, 0) is 31.4 Å². The number of nitrogens with two attached hydrogens (primary N) is 1. The molecular weight excluding hydrogens is 321 g/mol. The molecule has 0 spiro atoms. The van der Waals surface area contributed by atoms with Crippen LogP contribution < -0.4 is 5.14 Å². The van der Waals surface area contributed by atoms with Crippen molar-refractivity contribution in [2.45, 2.75) is 38.2 Å². The minimum absolute atomic E-state index is 0.302. The van der Waals surface area contributed by atoms with Crippen molar-refractivity contribution in [2.24, 2.45) is 11.1 Å². The molecule has 0 aliphatic rings. The molecule has 0 fully saturated rings. The molecule has 1 aromatic rings. The van der Waals surface area contributed by atoms with Gasteiger partial charge >= 0.3 is 5.97 Å². The Morgan fingerprint density at radius 1 is 1.38 bits per heavy atom. The lowest BCUT2D eigenvalue weighted by molar-refractivity contribution is 0.0299. The van der Waals surface area contributed by atoms with Crippen LogP contribution in [0.2, 0.25) is 5.02 Å². The van der Waals surface area contributed by atoms with Gasteiger partial charge < -0.3 is 4.74 Å². The second-order valence-electron chi connectivity index (χ2n) is 5.16. The van der Waals surface area contributed by atoms with Gasteiger partial charge in [-0.1, -0.05) is 25.4 Å². The second kappa shape index (κ2) is 6.72. The van der Waals surface area contributed by atoms with Crippen molar-refractivity contribution in [2.75, 3.05) is 0 Å². The predicted molar refractivity (Wildman–Crippen MR) is 77.1 cm³/mol. The molecule has 1 aromatic carbocycles. The van der Waals surface area contributed by atoms with Gasteiger partial charge in [0, 0.05) is 0 Å². The Hall–Kier alpha value is -1.18. The first-order valence-corrected chi connectivity index (χ1v) is 8.17. The van der Waals surface area contributed by atoms with E-state index in [0.29, 0.717) is 18.4 Å². The number of esters is 1. The summed E-state index contributed by atoms with van der Waals surface area (Å²) < 4.78 is 41.3. The highest BCUT2D eigenvalue weighted by Gasteiger charge is 2.22. The van der Waals surface area contributed by atoms with Crippen LogP contribution in [0.1, 0.15) is 37.6 Å². The fraction of sp³-hybridized carbons (Fsp3) is 0.462. The van der Waals surface area contributed by atoms with Crippen LogP contribution in [-0.2, 0) is 14.8 Å². The molecule has 1 rings (SSSR count). The molecule has 0 saturated heterocycles. The van der Waals surface area contributed by atoms with Crippen molar-refractivity contribution in [3.63, 3.8) is 0 Å². The van der Waals surface area contributed by atoms with E-state index < -0.39 is 37.8 Å². The minimum atomic E-state index is -4.15. The fourth-order valence-corrected chi connectivity index (χ4v) is 2.57. The number of carbonyl (C=O) groups excluding carboxylic acids is 1. The topological polar surface area (TPSA) is 86.5 Å². The molecule has 118 valence electrons. The standard InChI is InChI=1S/C13H17ClFNO4S/c1-7(2)4-8(3)20-13(17)10-5-9(21(16,18)19)6-11(15)12(10)14/h5-8H,4H2,1-3H3,(H2,16,18,19). The number of benzene rings is 1. The van der Waals surface area contributed by atoms with Gasteiger partial charge in [0.05, 0.1) is 21.6 Å². The number of carbonyl (C=O) groups is 1. The highest BCUT2D eigenvalue weighted by Crippen LogP contribution is 2.25. The van der Waals surface area contributed by atoms with E-state index in [1.54, 1.807) is 6.92 Å². The number of primary sulfonamides is 1. The smallest absolute Gasteiger partial charge is 0.340 e. The maximum absolute atomic E-state index is 13.6. The molecule has 2 N–H and O–H groups in total. The largest absolute Gasteiger partial charge is 0.459 e. The lowest BCUT2D eigenvalue weighted by Gasteiger charge is -2.16. The molecule has 0 aliphatic heterocycles. The quantitative estimate of drug-likeness (QED) is 0.837. The molecule has 0 radical (unpaired) electrons. The molecule has 0 saturated carbocycles. The third-order valence-electron chi connectivity index (χ3n) is 2.66. The van der Waals surface area contributed by atoms with Crippen LogP contribution in [-0.4, -0.2) is 20.5 Å². The van der Waals surface area contributed by atoms with Gasteiger partial charge in [-0.25, -0.2) is 22.7 Å². The fourth-order valence-electron chi connectivity index (χ4n) is 1.84. The maximum atomic E-state index is 13.6. The van der Waals surface area contributed by atoms with Crippen molar-refractivity contribution < 1.29 is 22.3 Å². The van der Waals surface area contributed by atoms with E-state index in [9.17, 15) is 17.6 Å². The molecule has 0 heterocycles. The molecule has 0 bridgehead atoms. The van der Waals surface area contributed by atoms with Crippen LogP contribution in [0.3, 0.4) is 0 Å². The van der Waals surface area contributed by atoms with Crippen molar-refractivity contribution in [3.8, 4) is 0 Å². The summed E-state index contributed by atoms with van der Waals surface area (Å²) in [6.07, 6.45) is 0.204. The Kier molecular flexibility index (Phi) is 5.72. The summed E-state index contributed by atoms with van der Waals surface area (Å²) in [6, 6.07) is 1.57. The summed E-state index contributed by atoms with van der Waals surface area (Å²) in [7, 11) is -4.15. The second-order valence-corrected chi connectivity index (χ2v) is 7.10. The zero-order chi connectivity index (χ0) is 16.4. The molecule has 8 heteroatoms. The molecule has 21 heavy (non-hydrogen) atoms. The summed E-state index contributed by atoms with van der Waals surface area (Å²) in [4.78, 5) is 11.4. The molecule has 0 aromatic heterocycles. The van der Waals surface area contributed by atoms with Gasteiger partial charge in [0.15, 0.2) is 0 Å². The average Bonchev–Trinajstić information content (AvgIpc) is 2.29. The van der Waals surface area contributed by atoms with Crippen LogP contribution in [0.15, 0.2) is 17.0 Å². The predicted octanol–water partition coefficient (Wildman–Crippen LogP) is 2.72. The van der Waals surface area contributed by atoms with E-state index in [4.69, 9.17) is 21.5 Å². The van der Waals surface area contributed by atoms with Crippen molar-refractivity contribution in [1.82, 2.24) is 0 Å². The number of rotatable bonds is 5. The third kappa shape index (κ3) is 4.94. The first-order valence-electron chi connectivity index (χ1n) is 6.25. The zero-order valence-electron chi connectivity index (χ0n) is 11.9. The SMILES string of the molecule is CC(C)CC(C)OC(=O)c1cc(S(N)(=O)=O)cc(F)c1Cl. The maximum Gasteiger partial charge on any atom is 0.340 e. The zero-order valence-corrected chi connectivity index (χ0v) is 13.5. The Bertz CT molecular complexity index is 646. The molecule has 0 aliphatic carbocycles. The summed E-state index contributed by atoms with van der Waals surface area (Å²) in [6.45, 7) is 5.60. The van der Waals surface area contributed by atoms with Crippen molar-refractivity contribution in [1.29, 1.82) is 0 Å². The van der Waals surface area contributed by atoms with Crippen LogP contribution in [0, 0.1) is 11.7 Å². The Balaban J connectivity index is 3.12. The Morgan fingerprint density at radius 2 is 1.95 bits per heavy atom. The first-order chi connectivity index (χ1) is 9.52. The van der Waals surface area contributed by atoms with E-state index in [1.165, 1.54) is 0 Å². The van der Waals surface area contributed by atoms with Gasteiger partial charge in [0.2, 0.25) is 10.0 Å². The summed E-state index contributed by atoms with van der Waals surface area (Å²) >= 11 is 5.69. The summed E-state index contributed by atoms with van der Waals surface area (Å²) in [5, 5.41) is 4.43. The molecule has 0 amide bonds. The minimum Gasteiger partial charge on any atom is -0.459 e. The van der Waals surface area contributed by atoms with Gasteiger partial charge in [0.25, 0.3) is 0 Å². The van der Waals surface area contributed by atoms with Gasteiger partial charge in [-0.15, -0.1) is 0 Å². The number of hydrogen-bond acceptors (Lipinski definition) is 4. The van der Waals surface area contributed by atoms with Crippen molar-refractivity contribution in [3.05, 3.63) is 28.5 Å². The van der Waals surface area contributed by atoms with E-state index in [2.05, 4.69) is 0 Å². The Labute approximate surface area is 128 Å². The first kappa shape index (κ1) is 17.9. The lowest BCUT2D eigenvalue weighted by atomic mass is 10.1. The molecule has 1 atom stereocenters. The number of ether oxygens (including phenoxy) is 1. The van der Waals surface area contributed by atoms with Crippen LogP contribution >= 0.6 is 11.6 Å². The highest BCUT2D eigenvalue weighted by atomic mass is 35.5. The summed E-state index contributed by atoms with van der Waals surface area (Å²) in [5.74, 6) is -1.64. The van der Waals surface area contributed by atoms with Crippen LogP contribution in [0.25, 0.3) is 0 Å². The van der Waals surface area contributed by atoms with Crippen LogP contribution in [0.5, 0.6) is 0 Å². The van der Waals surface area contributed by atoms with E-state index in [0.717, 1.165) is 6.07 Å². The van der Waals surface area contributed by atoms with E-state index in [1.807, 2.05) is 13.8 Å². The molecule has 1 unspecified atom stereocenters. The third-order valence-corrected chi connectivity index (χ3v) is 3.94. The monoisotopic (exact) mass is 337 g/mol. The normalized spacial score (nSPS) is 13.3. The number of halogens is 2. The average molecular weight is 338 g/mol. The molecule has 5 nitrogen and oxygen atoms in total. The Morgan fingerprint density at radius 3 is 2.43 bits per heavy atom. The summed E-state index contributed by atoms with van der Waals surface area (Å²) in [5.41, 5.74) is -0.365. The molecular formula is C13H17ClFNO4S. The van der Waals surface area contributed by atoms with Gasteiger partial charge in [0.1, 0.15) is 5.82 Å². The van der Waals surface area contributed by atoms with Gasteiger partial charge in [-0.2, -0.15) is 0 Å². The van der Waals surface area contributed by atoms with E-state index >= 15 is 0 Å².